The van der Waals surface area contributed by atoms with Crippen molar-refractivity contribution in [3.8, 4) is 0 Å². The lowest BCUT2D eigenvalue weighted by Gasteiger charge is -2.38. The first-order chi connectivity index (χ1) is 14.4. The number of carbonyl (C=O) groups excluding carboxylic acids is 1. The molecule has 2 aromatic carbocycles. The lowest BCUT2D eigenvalue weighted by molar-refractivity contribution is -0.130. The lowest BCUT2D eigenvalue weighted by atomic mass is 9.91. The van der Waals surface area contributed by atoms with E-state index in [4.69, 9.17) is 11.6 Å². The van der Waals surface area contributed by atoms with Gasteiger partial charge in [0, 0.05) is 24.2 Å². The molecule has 0 bridgehead atoms. The Morgan fingerprint density at radius 1 is 1.17 bits per heavy atom. The molecule has 1 N–H and O–H groups in total. The number of benzene rings is 2. The highest BCUT2D eigenvalue weighted by molar-refractivity contribution is 6.31. The molecule has 4 rings (SSSR count). The van der Waals surface area contributed by atoms with E-state index >= 15 is 0 Å². The van der Waals surface area contributed by atoms with Gasteiger partial charge in [0.25, 0.3) is 5.56 Å². The predicted octanol–water partition coefficient (Wildman–Crippen LogP) is 3.12. The van der Waals surface area contributed by atoms with Gasteiger partial charge in [-0.1, -0.05) is 41.9 Å². The van der Waals surface area contributed by atoms with Crippen LogP contribution in [-0.2, 0) is 11.3 Å². The molecule has 1 saturated heterocycles. The molecule has 0 spiro atoms. The number of aliphatic hydroxyl groups is 1. The van der Waals surface area contributed by atoms with Crippen LogP contribution in [0.3, 0.4) is 0 Å². The predicted molar refractivity (Wildman–Crippen MR) is 117 cm³/mol. The molecule has 0 aliphatic carbocycles. The smallest absolute Gasteiger partial charge is 0.261 e. The van der Waals surface area contributed by atoms with E-state index in [0.717, 1.165) is 5.56 Å². The van der Waals surface area contributed by atoms with Crippen molar-refractivity contribution < 1.29 is 9.90 Å². The summed E-state index contributed by atoms with van der Waals surface area (Å²) in [6.45, 7) is 0.999. The fourth-order valence-corrected chi connectivity index (χ4v) is 3.87. The summed E-state index contributed by atoms with van der Waals surface area (Å²) in [4.78, 5) is 31.2. The average Bonchev–Trinajstić information content (AvgIpc) is 2.75. The van der Waals surface area contributed by atoms with Crippen LogP contribution in [0.15, 0.2) is 65.7 Å². The van der Waals surface area contributed by atoms with E-state index in [2.05, 4.69) is 4.98 Å². The molecule has 1 fully saturated rings. The van der Waals surface area contributed by atoms with Crippen molar-refractivity contribution >= 4 is 34.5 Å². The molecular weight excluding hydrogens is 402 g/mol. The molecular formula is C23H22ClN3O3. The van der Waals surface area contributed by atoms with E-state index in [9.17, 15) is 14.7 Å². The molecule has 1 amide bonds. The Hall–Kier alpha value is -2.96. The third-order valence-corrected chi connectivity index (χ3v) is 5.71. The molecule has 0 atom stereocenters. The Morgan fingerprint density at radius 2 is 1.90 bits per heavy atom. The van der Waals surface area contributed by atoms with Crippen LogP contribution in [0.2, 0.25) is 5.02 Å². The summed E-state index contributed by atoms with van der Waals surface area (Å²) in [6, 6.07) is 14.6. The monoisotopic (exact) mass is 423 g/mol. The van der Waals surface area contributed by atoms with Gasteiger partial charge in [0.15, 0.2) is 0 Å². The number of rotatable bonds is 4. The molecule has 1 aliphatic rings. The molecule has 2 heterocycles. The van der Waals surface area contributed by atoms with Crippen LogP contribution < -0.4 is 5.56 Å². The summed E-state index contributed by atoms with van der Waals surface area (Å²) in [5, 5.41) is 12.0. The summed E-state index contributed by atoms with van der Waals surface area (Å²) < 4.78 is 1.43. The van der Waals surface area contributed by atoms with Crippen LogP contribution in [0.4, 0.5) is 0 Å². The minimum atomic E-state index is -1.06. The second kappa shape index (κ2) is 8.42. The number of nitrogens with zero attached hydrogens (tertiary/aromatic N) is 3. The Bertz CT molecular complexity index is 1150. The molecule has 0 radical (unpaired) electrons. The SMILES string of the molecule is O=C(/C=C/c1ccccc1)N1CCC(O)(Cn2cnc3cc(Cl)ccc3c2=O)CC1. The van der Waals surface area contributed by atoms with E-state index in [0.29, 0.717) is 41.9 Å². The van der Waals surface area contributed by atoms with Gasteiger partial charge >= 0.3 is 0 Å². The summed E-state index contributed by atoms with van der Waals surface area (Å²) in [5.41, 5.74) is 0.213. The Kier molecular flexibility index (Phi) is 5.70. The van der Waals surface area contributed by atoms with E-state index in [1.165, 1.54) is 10.9 Å². The molecule has 154 valence electrons. The van der Waals surface area contributed by atoms with Crippen molar-refractivity contribution in [1.82, 2.24) is 14.5 Å². The third kappa shape index (κ3) is 4.45. The molecule has 1 aliphatic heterocycles. The number of fused-ring (bicyclic) bond motifs is 1. The van der Waals surface area contributed by atoms with Gasteiger partial charge in [-0.05, 0) is 42.7 Å². The summed E-state index contributed by atoms with van der Waals surface area (Å²) in [7, 11) is 0. The standard InChI is InChI=1S/C23H22ClN3O3/c24-18-7-8-19-20(14-18)25-16-27(22(19)29)15-23(30)10-12-26(13-11-23)21(28)9-6-17-4-2-1-3-5-17/h1-9,14,16,30H,10-13,15H2/b9-6+. The van der Waals surface area contributed by atoms with E-state index in [1.807, 2.05) is 30.3 Å². The highest BCUT2D eigenvalue weighted by Crippen LogP contribution is 2.24. The molecule has 0 unspecified atom stereocenters. The third-order valence-electron chi connectivity index (χ3n) is 5.48. The minimum Gasteiger partial charge on any atom is -0.388 e. The van der Waals surface area contributed by atoms with Crippen molar-refractivity contribution in [2.45, 2.75) is 25.0 Å². The zero-order valence-corrected chi connectivity index (χ0v) is 17.1. The number of likely N-dealkylation sites (tertiary alicyclic amines) is 1. The molecule has 30 heavy (non-hydrogen) atoms. The van der Waals surface area contributed by atoms with Crippen LogP contribution in [-0.4, -0.2) is 44.2 Å². The highest BCUT2D eigenvalue weighted by atomic mass is 35.5. The Labute approximate surface area is 179 Å². The number of halogens is 1. The van der Waals surface area contributed by atoms with Crippen molar-refractivity contribution in [3.63, 3.8) is 0 Å². The number of piperidine rings is 1. The maximum Gasteiger partial charge on any atom is 0.261 e. The van der Waals surface area contributed by atoms with E-state index in [1.54, 1.807) is 35.3 Å². The van der Waals surface area contributed by atoms with Gasteiger partial charge in [0.2, 0.25) is 5.91 Å². The number of hydrogen-bond donors (Lipinski definition) is 1. The summed E-state index contributed by atoms with van der Waals surface area (Å²) in [5.74, 6) is -0.0812. The normalized spacial score (nSPS) is 16.3. The minimum absolute atomic E-state index is 0.0812. The summed E-state index contributed by atoms with van der Waals surface area (Å²) >= 11 is 5.96. The van der Waals surface area contributed by atoms with Gasteiger partial charge in [-0.2, -0.15) is 0 Å². The topological polar surface area (TPSA) is 75.4 Å². The maximum absolute atomic E-state index is 12.7. The molecule has 3 aromatic rings. The van der Waals surface area contributed by atoms with Crippen LogP contribution in [0.25, 0.3) is 17.0 Å². The highest BCUT2D eigenvalue weighted by Gasteiger charge is 2.34. The molecule has 7 heteroatoms. The fourth-order valence-electron chi connectivity index (χ4n) is 3.70. The quantitative estimate of drug-likeness (QED) is 0.654. The maximum atomic E-state index is 12.7. The second-order valence-electron chi connectivity index (χ2n) is 7.63. The first-order valence-corrected chi connectivity index (χ1v) is 10.2. The van der Waals surface area contributed by atoms with Crippen LogP contribution in [0.5, 0.6) is 0 Å². The zero-order valence-electron chi connectivity index (χ0n) is 16.4. The lowest BCUT2D eigenvalue weighted by Crippen LogP contribution is -2.49. The number of aromatic nitrogens is 2. The van der Waals surface area contributed by atoms with E-state index < -0.39 is 5.60 Å². The van der Waals surface area contributed by atoms with Gasteiger partial charge in [0.1, 0.15) is 0 Å². The summed E-state index contributed by atoms with van der Waals surface area (Å²) in [6.07, 6.45) is 5.57. The van der Waals surface area contributed by atoms with Crippen molar-refractivity contribution in [1.29, 1.82) is 0 Å². The first kappa shape index (κ1) is 20.3. The second-order valence-corrected chi connectivity index (χ2v) is 8.07. The van der Waals surface area contributed by atoms with Crippen molar-refractivity contribution in [3.05, 3.63) is 81.9 Å². The van der Waals surface area contributed by atoms with E-state index in [-0.39, 0.29) is 18.0 Å². The first-order valence-electron chi connectivity index (χ1n) is 9.83. The zero-order chi connectivity index (χ0) is 21.1. The van der Waals surface area contributed by atoms with Crippen LogP contribution >= 0.6 is 11.6 Å². The molecule has 6 nitrogen and oxygen atoms in total. The van der Waals surface area contributed by atoms with Gasteiger partial charge in [-0.15, -0.1) is 0 Å². The van der Waals surface area contributed by atoms with Crippen molar-refractivity contribution in [2.75, 3.05) is 13.1 Å². The number of carbonyl (C=O) groups is 1. The average molecular weight is 424 g/mol. The number of hydrogen-bond acceptors (Lipinski definition) is 4. The van der Waals surface area contributed by atoms with Gasteiger partial charge in [-0.3, -0.25) is 14.2 Å². The van der Waals surface area contributed by atoms with Gasteiger partial charge < -0.3 is 10.0 Å². The van der Waals surface area contributed by atoms with Crippen LogP contribution in [0.1, 0.15) is 18.4 Å². The molecule has 0 saturated carbocycles. The van der Waals surface area contributed by atoms with Gasteiger partial charge in [-0.25, -0.2) is 4.98 Å². The Morgan fingerprint density at radius 3 is 2.63 bits per heavy atom. The van der Waals surface area contributed by atoms with Gasteiger partial charge in [0.05, 0.1) is 29.4 Å². The fraction of sp³-hybridized carbons (Fsp3) is 0.261. The molecule has 1 aromatic heterocycles. The Balaban J connectivity index is 1.42. The largest absolute Gasteiger partial charge is 0.388 e. The number of amides is 1. The van der Waals surface area contributed by atoms with Crippen molar-refractivity contribution in [2.24, 2.45) is 0 Å². The van der Waals surface area contributed by atoms with Crippen LogP contribution in [0, 0.1) is 0 Å².